The number of benzene rings is 1. The maximum atomic E-state index is 8.65. The maximum Gasteiger partial charge on any atom is 0.119 e. The van der Waals surface area contributed by atoms with E-state index in [9.17, 15) is 0 Å². The summed E-state index contributed by atoms with van der Waals surface area (Å²) in [5, 5.41) is 8.65. The Balaban J connectivity index is 2.09. The summed E-state index contributed by atoms with van der Waals surface area (Å²) in [7, 11) is 0. The van der Waals surface area contributed by atoms with E-state index in [1.165, 1.54) is 32.1 Å². The highest BCUT2D eigenvalue weighted by Crippen LogP contribution is 2.18. The molecule has 0 saturated carbocycles. The molecule has 0 spiro atoms. The summed E-state index contributed by atoms with van der Waals surface area (Å²) in [5.41, 5.74) is 0. The zero-order valence-corrected chi connectivity index (χ0v) is 11.9. The van der Waals surface area contributed by atoms with Crippen molar-refractivity contribution in [3.05, 3.63) is 24.3 Å². The zero-order chi connectivity index (χ0) is 13.8. The highest BCUT2D eigenvalue weighted by Gasteiger charge is 1.96. The molecule has 1 aromatic rings. The quantitative estimate of drug-likeness (QED) is 0.619. The summed E-state index contributed by atoms with van der Waals surface area (Å²) in [6.45, 7) is 3.38. The van der Waals surface area contributed by atoms with Crippen LogP contribution in [0.25, 0.3) is 0 Å². The van der Waals surface area contributed by atoms with Crippen LogP contribution in [-0.4, -0.2) is 24.9 Å². The third-order valence-corrected chi connectivity index (χ3v) is 2.95. The zero-order valence-electron chi connectivity index (χ0n) is 11.9. The van der Waals surface area contributed by atoms with E-state index >= 15 is 0 Å². The van der Waals surface area contributed by atoms with Crippen LogP contribution >= 0.6 is 0 Å². The van der Waals surface area contributed by atoms with E-state index in [4.69, 9.17) is 14.6 Å². The SMILES string of the molecule is CCCCCCCCOc1ccc(OCCO)cc1. The van der Waals surface area contributed by atoms with E-state index in [-0.39, 0.29) is 6.61 Å². The molecule has 0 fully saturated rings. The third-order valence-electron chi connectivity index (χ3n) is 2.95. The lowest BCUT2D eigenvalue weighted by Crippen LogP contribution is -2.01. The van der Waals surface area contributed by atoms with E-state index in [1.807, 2.05) is 24.3 Å². The standard InChI is InChI=1S/C16H26O3/c1-2-3-4-5-6-7-13-18-15-8-10-16(11-9-15)19-14-12-17/h8-11,17H,2-7,12-14H2,1H3. The van der Waals surface area contributed by atoms with Crippen molar-refractivity contribution in [3.63, 3.8) is 0 Å². The minimum Gasteiger partial charge on any atom is -0.494 e. The van der Waals surface area contributed by atoms with Gasteiger partial charge in [0.05, 0.1) is 13.2 Å². The Morgan fingerprint density at radius 1 is 0.789 bits per heavy atom. The van der Waals surface area contributed by atoms with E-state index in [2.05, 4.69) is 6.92 Å². The molecule has 0 aliphatic rings. The number of hydrogen-bond acceptors (Lipinski definition) is 3. The fourth-order valence-electron chi connectivity index (χ4n) is 1.87. The molecule has 0 bridgehead atoms. The lowest BCUT2D eigenvalue weighted by Gasteiger charge is -2.08. The summed E-state index contributed by atoms with van der Waals surface area (Å²) in [6.07, 6.45) is 7.65. The van der Waals surface area contributed by atoms with Crippen molar-refractivity contribution in [3.8, 4) is 11.5 Å². The second-order valence-corrected chi connectivity index (χ2v) is 4.66. The van der Waals surface area contributed by atoms with Crippen molar-refractivity contribution in [2.24, 2.45) is 0 Å². The molecule has 108 valence electrons. The predicted octanol–water partition coefficient (Wildman–Crippen LogP) is 3.80. The lowest BCUT2D eigenvalue weighted by molar-refractivity contribution is 0.201. The van der Waals surface area contributed by atoms with Crippen LogP contribution in [0.2, 0.25) is 0 Å². The molecule has 0 amide bonds. The van der Waals surface area contributed by atoms with Crippen molar-refractivity contribution >= 4 is 0 Å². The van der Waals surface area contributed by atoms with Gasteiger partial charge in [0, 0.05) is 0 Å². The van der Waals surface area contributed by atoms with Gasteiger partial charge < -0.3 is 14.6 Å². The van der Waals surface area contributed by atoms with Crippen molar-refractivity contribution in [1.82, 2.24) is 0 Å². The van der Waals surface area contributed by atoms with Gasteiger partial charge in [-0.25, -0.2) is 0 Å². The molecule has 1 aromatic carbocycles. The summed E-state index contributed by atoms with van der Waals surface area (Å²) in [5.74, 6) is 1.64. The second-order valence-electron chi connectivity index (χ2n) is 4.66. The van der Waals surface area contributed by atoms with Crippen LogP contribution in [0.15, 0.2) is 24.3 Å². The Hall–Kier alpha value is -1.22. The molecule has 0 heterocycles. The van der Waals surface area contributed by atoms with Crippen LogP contribution in [-0.2, 0) is 0 Å². The molecule has 3 nitrogen and oxygen atoms in total. The number of unbranched alkanes of at least 4 members (excludes halogenated alkanes) is 5. The highest BCUT2D eigenvalue weighted by atomic mass is 16.5. The third kappa shape index (κ3) is 7.73. The first kappa shape index (κ1) is 15.8. The van der Waals surface area contributed by atoms with Gasteiger partial charge in [-0.3, -0.25) is 0 Å². The molecule has 0 saturated heterocycles. The van der Waals surface area contributed by atoms with Gasteiger partial charge in [0.25, 0.3) is 0 Å². The molecular formula is C16H26O3. The van der Waals surface area contributed by atoms with Crippen LogP contribution in [0.3, 0.4) is 0 Å². The first-order chi connectivity index (χ1) is 9.36. The smallest absolute Gasteiger partial charge is 0.119 e. The van der Waals surface area contributed by atoms with E-state index in [0.717, 1.165) is 24.5 Å². The van der Waals surface area contributed by atoms with Crippen LogP contribution in [0, 0.1) is 0 Å². The van der Waals surface area contributed by atoms with Crippen LogP contribution < -0.4 is 9.47 Å². The Morgan fingerprint density at radius 3 is 1.89 bits per heavy atom. The van der Waals surface area contributed by atoms with E-state index < -0.39 is 0 Å². The summed E-state index contributed by atoms with van der Waals surface area (Å²) in [6, 6.07) is 7.55. The van der Waals surface area contributed by atoms with Crippen LogP contribution in [0.4, 0.5) is 0 Å². The second kappa shape index (κ2) is 10.7. The molecule has 19 heavy (non-hydrogen) atoms. The number of hydrogen-bond donors (Lipinski definition) is 1. The molecule has 0 aliphatic heterocycles. The van der Waals surface area contributed by atoms with Gasteiger partial charge >= 0.3 is 0 Å². The number of aliphatic hydroxyl groups excluding tert-OH is 1. The molecule has 1 N–H and O–H groups in total. The molecule has 0 aliphatic carbocycles. The van der Waals surface area contributed by atoms with Crippen molar-refractivity contribution in [2.75, 3.05) is 19.8 Å². The Kier molecular flexibility index (Phi) is 8.90. The van der Waals surface area contributed by atoms with E-state index in [0.29, 0.717) is 6.61 Å². The molecule has 1 rings (SSSR count). The number of rotatable bonds is 11. The lowest BCUT2D eigenvalue weighted by atomic mass is 10.1. The van der Waals surface area contributed by atoms with Gasteiger partial charge in [0.1, 0.15) is 18.1 Å². The van der Waals surface area contributed by atoms with Gasteiger partial charge in [-0.05, 0) is 30.7 Å². The summed E-state index contributed by atoms with van der Waals surface area (Å²) in [4.78, 5) is 0. The minimum absolute atomic E-state index is 0.0380. The summed E-state index contributed by atoms with van der Waals surface area (Å²) >= 11 is 0. The van der Waals surface area contributed by atoms with Gasteiger partial charge in [-0.15, -0.1) is 0 Å². The van der Waals surface area contributed by atoms with Gasteiger partial charge in [0.15, 0.2) is 0 Å². The molecule has 3 heteroatoms. The summed E-state index contributed by atoms with van der Waals surface area (Å²) < 4.78 is 11.0. The van der Waals surface area contributed by atoms with Gasteiger partial charge in [-0.2, -0.15) is 0 Å². The molecule has 0 aromatic heterocycles. The molecule has 0 unspecified atom stereocenters. The largest absolute Gasteiger partial charge is 0.494 e. The normalized spacial score (nSPS) is 10.4. The fraction of sp³-hybridized carbons (Fsp3) is 0.625. The topological polar surface area (TPSA) is 38.7 Å². The van der Waals surface area contributed by atoms with Crippen molar-refractivity contribution in [1.29, 1.82) is 0 Å². The fourth-order valence-corrected chi connectivity index (χ4v) is 1.87. The highest BCUT2D eigenvalue weighted by molar-refractivity contribution is 5.31. The predicted molar refractivity (Wildman–Crippen MR) is 77.9 cm³/mol. The molecule has 0 atom stereocenters. The number of aliphatic hydroxyl groups is 1. The first-order valence-corrected chi connectivity index (χ1v) is 7.33. The Labute approximate surface area is 116 Å². The van der Waals surface area contributed by atoms with Gasteiger partial charge in [-0.1, -0.05) is 39.0 Å². The maximum absolute atomic E-state index is 8.65. The van der Waals surface area contributed by atoms with Crippen LogP contribution in [0.1, 0.15) is 45.4 Å². The molecule has 0 radical (unpaired) electrons. The Bertz CT molecular complexity index is 308. The van der Waals surface area contributed by atoms with Gasteiger partial charge in [0.2, 0.25) is 0 Å². The van der Waals surface area contributed by atoms with E-state index in [1.54, 1.807) is 0 Å². The molecular weight excluding hydrogens is 240 g/mol. The first-order valence-electron chi connectivity index (χ1n) is 7.33. The Morgan fingerprint density at radius 2 is 1.32 bits per heavy atom. The monoisotopic (exact) mass is 266 g/mol. The van der Waals surface area contributed by atoms with Crippen molar-refractivity contribution in [2.45, 2.75) is 45.4 Å². The minimum atomic E-state index is 0.0380. The number of ether oxygens (including phenoxy) is 2. The van der Waals surface area contributed by atoms with Crippen LogP contribution in [0.5, 0.6) is 11.5 Å². The average Bonchev–Trinajstić information content (AvgIpc) is 2.45. The average molecular weight is 266 g/mol. The van der Waals surface area contributed by atoms with Crippen molar-refractivity contribution < 1.29 is 14.6 Å².